The molecule has 0 amide bonds. The SMILES string of the molecule is CCCC(=NOCC(C)Oc1ccc(Cl)cc1)C1=C(O)CC(C2CCCSC2)CC1=O. The Bertz CT molecular complexity index is 802. The number of aliphatic hydroxyl groups excluding tert-OH is 1. The summed E-state index contributed by atoms with van der Waals surface area (Å²) in [7, 11) is 0. The van der Waals surface area contributed by atoms with Crippen molar-refractivity contribution in [2.24, 2.45) is 17.0 Å². The van der Waals surface area contributed by atoms with Crippen molar-refractivity contribution in [2.45, 2.75) is 58.5 Å². The molecule has 1 fully saturated rings. The van der Waals surface area contributed by atoms with Crippen molar-refractivity contribution in [3.05, 3.63) is 40.6 Å². The molecule has 0 saturated carbocycles. The molecule has 1 aliphatic carbocycles. The van der Waals surface area contributed by atoms with E-state index in [0.717, 1.165) is 18.6 Å². The fourth-order valence-electron chi connectivity index (χ4n) is 4.17. The van der Waals surface area contributed by atoms with Gasteiger partial charge in [0, 0.05) is 17.9 Å². The lowest BCUT2D eigenvalue weighted by Crippen LogP contribution is -2.31. The van der Waals surface area contributed by atoms with Crippen LogP contribution in [0.2, 0.25) is 5.02 Å². The Kier molecular flexibility index (Phi) is 9.15. The minimum absolute atomic E-state index is 0.00872. The lowest BCUT2D eigenvalue weighted by molar-refractivity contribution is -0.117. The van der Waals surface area contributed by atoms with Gasteiger partial charge in [-0.25, -0.2) is 0 Å². The molecule has 0 radical (unpaired) electrons. The predicted molar refractivity (Wildman–Crippen MR) is 127 cm³/mol. The number of halogens is 1. The molecule has 3 rings (SSSR count). The Hall–Kier alpha value is -1.66. The van der Waals surface area contributed by atoms with Crippen molar-refractivity contribution >= 4 is 34.9 Å². The molecule has 0 bridgehead atoms. The zero-order chi connectivity index (χ0) is 22.2. The number of thioether (sulfide) groups is 1. The molecular weight excluding hydrogens is 434 g/mol. The van der Waals surface area contributed by atoms with Gasteiger partial charge in [-0.15, -0.1) is 0 Å². The average molecular weight is 466 g/mol. The number of allylic oxidation sites excluding steroid dienone is 2. The normalized spacial score (nSPS) is 23.6. The highest BCUT2D eigenvalue weighted by Crippen LogP contribution is 2.38. The third-order valence-corrected chi connectivity index (χ3v) is 7.24. The summed E-state index contributed by atoms with van der Waals surface area (Å²) in [6, 6.07) is 7.14. The number of ketones is 1. The molecule has 0 aromatic heterocycles. The zero-order valence-electron chi connectivity index (χ0n) is 18.3. The van der Waals surface area contributed by atoms with E-state index < -0.39 is 0 Å². The third kappa shape index (κ3) is 6.91. The van der Waals surface area contributed by atoms with E-state index in [4.69, 9.17) is 21.2 Å². The highest BCUT2D eigenvalue weighted by Gasteiger charge is 2.35. The quantitative estimate of drug-likeness (QED) is 0.346. The lowest BCUT2D eigenvalue weighted by Gasteiger charge is -2.32. The predicted octanol–water partition coefficient (Wildman–Crippen LogP) is 6.21. The van der Waals surface area contributed by atoms with E-state index >= 15 is 0 Å². The van der Waals surface area contributed by atoms with E-state index in [1.807, 2.05) is 25.6 Å². The standard InChI is InChI=1S/C24H32ClNO4S/c1-3-5-21(26-29-14-16(2)30-20-9-7-19(25)8-10-20)24-22(27)12-18(13-23(24)28)17-6-4-11-31-15-17/h7-10,16-18,27H,3-6,11-15H2,1-2H3. The second kappa shape index (κ2) is 11.8. The van der Waals surface area contributed by atoms with Gasteiger partial charge in [0.1, 0.15) is 17.6 Å². The first-order valence-electron chi connectivity index (χ1n) is 11.1. The molecule has 170 valence electrons. The van der Waals surface area contributed by atoms with Crippen LogP contribution in [0.25, 0.3) is 0 Å². The van der Waals surface area contributed by atoms with Gasteiger partial charge in [-0.1, -0.05) is 30.1 Å². The fourth-order valence-corrected chi connectivity index (χ4v) is 5.58. The van der Waals surface area contributed by atoms with Gasteiger partial charge in [-0.05, 0) is 73.8 Å². The summed E-state index contributed by atoms with van der Waals surface area (Å²) in [5, 5.41) is 15.6. The van der Waals surface area contributed by atoms with Gasteiger partial charge >= 0.3 is 0 Å². The number of rotatable bonds is 9. The molecule has 0 spiro atoms. The van der Waals surface area contributed by atoms with Crippen molar-refractivity contribution < 1.29 is 19.5 Å². The van der Waals surface area contributed by atoms with Crippen molar-refractivity contribution in [1.82, 2.24) is 0 Å². The van der Waals surface area contributed by atoms with E-state index in [1.165, 1.54) is 12.2 Å². The van der Waals surface area contributed by atoms with E-state index in [0.29, 0.717) is 47.2 Å². The van der Waals surface area contributed by atoms with Crippen LogP contribution in [0.3, 0.4) is 0 Å². The molecule has 5 nitrogen and oxygen atoms in total. The zero-order valence-corrected chi connectivity index (χ0v) is 19.9. The summed E-state index contributed by atoms with van der Waals surface area (Å²) < 4.78 is 5.80. The van der Waals surface area contributed by atoms with E-state index in [9.17, 15) is 9.90 Å². The third-order valence-electron chi connectivity index (χ3n) is 5.74. The number of nitrogens with zero attached hydrogens (tertiary/aromatic N) is 1. The number of carbonyl (C=O) groups is 1. The van der Waals surface area contributed by atoms with Crippen LogP contribution in [0, 0.1) is 11.8 Å². The number of benzene rings is 1. The molecule has 1 N–H and O–H groups in total. The number of hydrogen-bond acceptors (Lipinski definition) is 6. The molecule has 31 heavy (non-hydrogen) atoms. The summed E-state index contributed by atoms with van der Waals surface area (Å²) in [5.74, 6) is 3.91. The van der Waals surface area contributed by atoms with Crippen molar-refractivity contribution in [1.29, 1.82) is 0 Å². The number of Topliss-reactive ketones (excluding diaryl/α,β-unsaturated/α-hetero) is 1. The van der Waals surface area contributed by atoms with Crippen LogP contribution in [-0.4, -0.2) is 40.8 Å². The highest BCUT2D eigenvalue weighted by atomic mass is 35.5. The molecule has 7 heteroatoms. The minimum atomic E-state index is -0.231. The van der Waals surface area contributed by atoms with Gasteiger partial charge in [-0.3, -0.25) is 4.79 Å². The van der Waals surface area contributed by atoms with Crippen LogP contribution in [0.15, 0.2) is 40.8 Å². The van der Waals surface area contributed by atoms with Gasteiger partial charge in [0.15, 0.2) is 12.4 Å². The number of ether oxygens (including phenoxy) is 1. The molecular formula is C24H32ClNO4S. The van der Waals surface area contributed by atoms with Crippen LogP contribution in [-0.2, 0) is 9.63 Å². The van der Waals surface area contributed by atoms with E-state index in [1.54, 1.807) is 24.3 Å². The van der Waals surface area contributed by atoms with Gasteiger partial charge in [0.25, 0.3) is 0 Å². The van der Waals surface area contributed by atoms with E-state index in [2.05, 4.69) is 5.16 Å². The second-order valence-electron chi connectivity index (χ2n) is 8.36. The highest BCUT2D eigenvalue weighted by molar-refractivity contribution is 7.99. The molecule has 3 unspecified atom stereocenters. The first-order chi connectivity index (χ1) is 15.0. The van der Waals surface area contributed by atoms with Crippen LogP contribution >= 0.6 is 23.4 Å². The molecule has 2 aliphatic rings. The van der Waals surface area contributed by atoms with E-state index in [-0.39, 0.29) is 30.2 Å². The van der Waals surface area contributed by atoms with Crippen molar-refractivity contribution in [3.8, 4) is 5.75 Å². The van der Waals surface area contributed by atoms with Crippen molar-refractivity contribution in [3.63, 3.8) is 0 Å². The first kappa shape index (κ1) is 24.0. The molecule has 1 aromatic rings. The summed E-state index contributed by atoms with van der Waals surface area (Å²) in [6.45, 7) is 4.15. The molecule has 1 aliphatic heterocycles. The largest absolute Gasteiger partial charge is 0.511 e. The fraction of sp³-hybridized carbons (Fsp3) is 0.583. The minimum Gasteiger partial charge on any atom is -0.511 e. The maximum atomic E-state index is 12.9. The summed E-state index contributed by atoms with van der Waals surface area (Å²) in [6.07, 6.45) is 4.56. The smallest absolute Gasteiger partial charge is 0.168 e. The molecule has 1 saturated heterocycles. The van der Waals surface area contributed by atoms with Gasteiger partial charge in [0.05, 0.1) is 11.3 Å². The maximum Gasteiger partial charge on any atom is 0.168 e. The Morgan fingerprint density at radius 2 is 2.06 bits per heavy atom. The number of aliphatic hydroxyl groups is 1. The average Bonchev–Trinajstić information content (AvgIpc) is 2.75. The topological polar surface area (TPSA) is 68.1 Å². The monoisotopic (exact) mass is 465 g/mol. The van der Waals surface area contributed by atoms with Gasteiger partial charge in [0.2, 0.25) is 0 Å². The summed E-state index contributed by atoms with van der Waals surface area (Å²) >= 11 is 7.85. The molecule has 1 heterocycles. The number of carbonyl (C=O) groups excluding carboxylic acids is 1. The second-order valence-corrected chi connectivity index (χ2v) is 9.94. The summed E-state index contributed by atoms with van der Waals surface area (Å²) in [4.78, 5) is 18.5. The number of oxime groups is 1. The Balaban J connectivity index is 1.62. The number of hydrogen-bond donors (Lipinski definition) is 1. The Morgan fingerprint density at radius 1 is 1.29 bits per heavy atom. The van der Waals surface area contributed by atoms with Crippen LogP contribution in [0.5, 0.6) is 5.75 Å². The Labute approximate surface area is 194 Å². The first-order valence-corrected chi connectivity index (χ1v) is 12.7. The van der Waals surface area contributed by atoms with Crippen molar-refractivity contribution in [2.75, 3.05) is 18.1 Å². The van der Waals surface area contributed by atoms with Crippen LogP contribution < -0.4 is 4.74 Å². The van der Waals surface area contributed by atoms with Gasteiger partial charge < -0.3 is 14.7 Å². The van der Waals surface area contributed by atoms with Gasteiger partial charge in [-0.2, -0.15) is 11.8 Å². The maximum absolute atomic E-state index is 12.9. The van der Waals surface area contributed by atoms with Crippen LogP contribution in [0.1, 0.15) is 52.4 Å². The summed E-state index contributed by atoms with van der Waals surface area (Å²) in [5.41, 5.74) is 0.910. The molecule has 1 aromatic carbocycles. The Morgan fingerprint density at radius 3 is 2.71 bits per heavy atom. The molecule has 3 atom stereocenters. The van der Waals surface area contributed by atoms with Crippen LogP contribution in [0.4, 0.5) is 0 Å². The lowest BCUT2D eigenvalue weighted by atomic mass is 9.76.